The van der Waals surface area contributed by atoms with E-state index in [0.29, 0.717) is 0 Å². The molecule has 0 radical (unpaired) electrons. The number of rotatable bonds is 4. The zero-order valence-corrected chi connectivity index (χ0v) is 16.2. The van der Waals surface area contributed by atoms with E-state index in [0.717, 1.165) is 0 Å². The fraction of sp³-hybridized carbons (Fsp3) is 0.800. The molecular formula is C15H21Cl3O6. The molecule has 2 heterocycles. The fourth-order valence-corrected chi connectivity index (χ4v) is 2.81. The molecule has 2 rings (SSSR count). The van der Waals surface area contributed by atoms with E-state index in [-0.39, 0.29) is 6.61 Å². The molecule has 0 unspecified atom stereocenters. The molecule has 0 aromatic carbocycles. The van der Waals surface area contributed by atoms with Gasteiger partial charge >= 0.3 is 5.97 Å². The monoisotopic (exact) mass is 402 g/mol. The molecule has 0 saturated carbocycles. The summed E-state index contributed by atoms with van der Waals surface area (Å²) in [5, 5.41) is 0. The van der Waals surface area contributed by atoms with Crippen LogP contribution in [-0.2, 0) is 28.5 Å². The molecule has 0 aliphatic carbocycles. The third kappa shape index (κ3) is 4.75. The van der Waals surface area contributed by atoms with Gasteiger partial charge in [0.15, 0.2) is 17.7 Å². The number of halogens is 3. The Balaban J connectivity index is 2.26. The van der Waals surface area contributed by atoms with Crippen molar-refractivity contribution >= 4 is 40.8 Å². The standard InChI is InChI=1S/C15H21Cl3O6/c1-6-8-11(24-14(4,5)22-8)10(21-12(19)15(16,17)18)9-7-20-13(2,3)23-9/h6,8-11H,1,7H2,2-5H3/t8-,9-,10-,11-/m1/s1. The van der Waals surface area contributed by atoms with Crippen molar-refractivity contribution in [1.29, 1.82) is 0 Å². The maximum Gasteiger partial charge on any atom is 0.359 e. The van der Waals surface area contributed by atoms with E-state index in [1.807, 2.05) is 0 Å². The minimum atomic E-state index is -2.22. The zero-order chi connectivity index (χ0) is 18.3. The van der Waals surface area contributed by atoms with Gasteiger partial charge in [-0.05, 0) is 27.7 Å². The van der Waals surface area contributed by atoms with Crippen molar-refractivity contribution in [3.05, 3.63) is 12.7 Å². The Hall–Kier alpha value is -0.0800. The summed E-state index contributed by atoms with van der Waals surface area (Å²) in [5.41, 5.74) is 0. The highest BCUT2D eigenvalue weighted by molar-refractivity contribution is 6.75. The minimum Gasteiger partial charge on any atom is -0.453 e. The molecule has 2 aliphatic heterocycles. The van der Waals surface area contributed by atoms with Crippen LogP contribution in [0, 0.1) is 0 Å². The van der Waals surface area contributed by atoms with Gasteiger partial charge in [-0.1, -0.05) is 40.9 Å². The molecule has 0 N–H and O–H groups in total. The van der Waals surface area contributed by atoms with Gasteiger partial charge < -0.3 is 23.7 Å². The van der Waals surface area contributed by atoms with Gasteiger partial charge in [-0.15, -0.1) is 6.58 Å². The lowest BCUT2D eigenvalue weighted by atomic mass is 10.0. The number of hydrogen-bond acceptors (Lipinski definition) is 6. The Labute approximate surface area is 156 Å². The van der Waals surface area contributed by atoms with E-state index < -0.39 is 45.8 Å². The van der Waals surface area contributed by atoms with Crippen LogP contribution >= 0.6 is 34.8 Å². The van der Waals surface area contributed by atoms with Crippen molar-refractivity contribution < 1.29 is 28.5 Å². The van der Waals surface area contributed by atoms with Crippen LogP contribution in [-0.4, -0.2) is 52.4 Å². The lowest BCUT2D eigenvalue weighted by Gasteiger charge is -2.30. The van der Waals surface area contributed by atoms with E-state index in [1.165, 1.54) is 0 Å². The van der Waals surface area contributed by atoms with Crippen LogP contribution in [0.4, 0.5) is 0 Å². The highest BCUT2D eigenvalue weighted by Gasteiger charge is 2.52. The van der Waals surface area contributed by atoms with Gasteiger partial charge in [0, 0.05) is 0 Å². The van der Waals surface area contributed by atoms with Gasteiger partial charge in [0.2, 0.25) is 0 Å². The second-order valence-electron chi connectivity index (χ2n) is 6.54. The van der Waals surface area contributed by atoms with E-state index >= 15 is 0 Å². The topological polar surface area (TPSA) is 63.2 Å². The Morgan fingerprint density at radius 2 is 1.83 bits per heavy atom. The molecule has 9 heteroatoms. The number of hydrogen-bond donors (Lipinski definition) is 0. The molecule has 0 aromatic heterocycles. The third-order valence-electron chi connectivity index (χ3n) is 3.59. The number of ether oxygens (including phenoxy) is 5. The summed E-state index contributed by atoms with van der Waals surface area (Å²) in [7, 11) is 0. The maximum absolute atomic E-state index is 12.1. The number of esters is 1. The second kappa shape index (κ2) is 6.91. The molecule has 0 aromatic rings. The quantitative estimate of drug-likeness (QED) is 0.408. The van der Waals surface area contributed by atoms with Gasteiger partial charge in [-0.3, -0.25) is 0 Å². The van der Waals surface area contributed by atoms with Crippen LogP contribution in [0.5, 0.6) is 0 Å². The SMILES string of the molecule is C=C[C@H]1OC(C)(C)O[C@H]1[C@H](OC(=O)C(Cl)(Cl)Cl)[C@H]1COC(C)(C)O1. The van der Waals surface area contributed by atoms with Gasteiger partial charge in [-0.25, -0.2) is 4.79 Å². The summed E-state index contributed by atoms with van der Waals surface area (Å²) in [4.78, 5) is 12.1. The number of alkyl halides is 3. The van der Waals surface area contributed by atoms with Gasteiger partial charge in [-0.2, -0.15) is 0 Å². The summed E-state index contributed by atoms with van der Waals surface area (Å²) in [5.74, 6) is -2.74. The molecule has 4 atom stereocenters. The summed E-state index contributed by atoms with van der Waals surface area (Å²) >= 11 is 16.8. The Morgan fingerprint density at radius 1 is 1.21 bits per heavy atom. The van der Waals surface area contributed by atoms with Crippen molar-refractivity contribution in [2.45, 2.75) is 67.5 Å². The molecule has 138 valence electrons. The van der Waals surface area contributed by atoms with E-state index in [2.05, 4.69) is 6.58 Å². The second-order valence-corrected chi connectivity index (χ2v) is 8.82. The first-order valence-corrected chi connectivity index (χ1v) is 8.56. The normalized spacial score (nSPS) is 33.2. The van der Waals surface area contributed by atoms with Crippen LogP contribution in [0.15, 0.2) is 12.7 Å². The summed E-state index contributed by atoms with van der Waals surface area (Å²) in [6.45, 7) is 10.9. The smallest absolute Gasteiger partial charge is 0.359 e. The fourth-order valence-electron chi connectivity index (χ4n) is 2.68. The van der Waals surface area contributed by atoms with Crippen molar-refractivity contribution in [1.82, 2.24) is 0 Å². The molecule has 6 nitrogen and oxygen atoms in total. The molecule has 2 saturated heterocycles. The first-order valence-electron chi connectivity index (χ1n) is 7.42. The highest BCUT2D eigenvalue weighted by Crippen LogP contribution is 2.37. The lowest BCUT2D eigenvalue weighted by Crippen LogP contribution is -2.48. The first-order chi connectivity index (χ1) is 10.8. The average Bonchev–Trinajstić information content (AvgIpc) is 2.93. The van der Waals surface area contributed by atoms with Gasteiger partial charge in [0.05, 0.1) is 6.61 Å². The highest BCUT2D eigenvalue weighted by atomic mass is 35.6. The molecule has 0 spiro atoms. The Bertz CT molecular complexity index is 502. The van der Waals surface area contributed by atoms with Crippen molar-refractivity contribution in [2.75, 3.05) is 6.61 Å². The van der Waals surface area contributed by atoms with E-state index in [1.54, 1.807) is 33.8 Å². The van der Waals surface area contributed by atoms with Crippen LogP contribution in [0.3, 0.4) is 0 Å². The number of carbonyl (C=O) groups excluding carboxylic acids is 1. The summed E-state index contributed by atoms with van der Waals surface area (Å²) in [6.07, 6.45) is -1.16. The van der Waals surface area contributed by atoms with Crippen molar-refractivity contribution in [3.63, 3.8) is 0 Å². The molecule has 2 aliphatic rings. The van der Waals surface area contributed by atoms with E-state index in [9.17, 15) is 4.79 Å². The average molecular weight is 404 g/mol. The minimum absolute atomic E-state index is 0.189. The summed E-state index contributed by atoms with van der Waals surface area (Å²) < 4.78 is 26.2. The predicted octanol–water partition coefficient (Wildman–Crippen LogP) is 3.13. The maximum atomic E-state index is 12.1. The Kier molecular flexibility index (Phi) is 5.83. The lowest BCUT2D eigenvalue weighted by molar-refractivity contribution is -0.194. The van der Waals surface area contributed by atoms with Crippen LogP contribution in [0.25, 0.3) is 0 Å². The third-order valence-corrected chi connectivity index (χ3v) is 4.05. The van der Waals surface area contributed by atoms with E-state index in [4.69, 9.17) is 58.5 Å². The van der Waals surface area contributed by atoms with Gasteiger partial charge in [0.25, 0.3) is 3.79 Å². The first kappa shape index (κ1) is 20.2. The van der Waals surface area contributed by atoms with Gasteiger partial charge in [0.1, 0.15) is 18.3 Å². The Morgan fingerprint density at radius 3 is 2.29 bits per heavy atom. The van der Waals surface area contributed by atoms with Crippen molar-refractivity contribution in [3.8, 4) is 0 Å². The predicted molar refractivity (Wildman–Crippen MR) is 89.1 cm³/mol. The molecule has 0 amide bonds. The summed E-state index contributed by atoms with van der Waals surface area (Å²) in [6, 6.07) is 0. The molecular weight excluding hydrogens is 383 g/mol. The zero-order valence-electron chi connectivity index (χ0n) is 13.9. The molecule has 0 bridgehead atoms. The van der Waals surface area contributed by atoms with Crippen LogP contribution < -0.4 is 0 Å². The molecule has 24 heavy (non-hydrogen) atoms. The molecule has 2 fully saturated rings. The van der Waals surface area contributed by atoms with Crippen LogP contribution in [0.2, 0.25) is 0 Å². The van der Waals surface area contributed by atoms with Crippen LogP contribution in [0.1, 0.15) is 27.7 Å². The number of carbonyl (C=O) groups is 1. The van der Waals surface area contributed by atoms with Crippen molar-refractivity contribution in [2.24, 2.45) is 0 Å². The largest absolute Gasteiger partial charge is 0.453 e.